The Kier molecular flexibility index (Phi) is 5.61. The number of nitrogens with zero attached hydrogens (tertiary/aromatic N) is 2. The van der Waals surface area contributed by atoms with Gasteiger partial charge in [-0.25, -0.2) is 4.98 Å². The minimum Gasteiger partial charge on any atom is -0.384 e. The Hall–Kier alpha value is -1.13. The van der Waals surface area contributed by atoms with Crippen LogP contribution in [0.2, 0.25) is 0 Å². The second-order valence-corrected chi connectivity index (χ2v) is 5.22. The number of anilines is 1. The number of nitrogens with one attached hydrogen (secondary N) is 1. The van der Waals surface area contributed by atoms with Gasteiger partial charge in [-0.05, 0) is 31.5 Å². The van der Waals surface area contributed by atoms with E-state index >= 15 is 0 Å². The number of hydrogen-bond donors (Lipinski definition) is 1. The molecule has 0 radical (unpaired) electrons. The van der Waals surface area contributed by atoms with Crippen molar-refractivity contribution in [3.8, 4) is 0 Å². The van der Waals surface area contributed by atoms with E-state index in [1.54, 1.807) is 7.11 Å². The van der Waals surface area contributed by atoms with Crippen molar-refractivity contribution in [1.82, 2.24) is 10.3 Å². The van der Waals surface area contributed by atoms with Crippen molar-refractivity contribution in [2.75, 3.05) is 38.3 Å². The molecular formula is C15H25N3O. The molecule has 1 aliphatic rings. The predicted octanol–water partition coefficient (Wildman–Crippen LogP) is 2.05. The number of aromatic nitrogens is 1. The molecule has 0 saturated carbocycles. The Bertz CT molecular complexity index is 383. The zero-order chi connectivity index (χ0) is 13.5. The molecule has 4 heteroatoms. The number of methoxy groups -OCH3 is 1. The Morgan fingerprint density at radius 2 is 2.37 bits per heavy atom. The van der Waals surface area contributed by atoms with Gasteiger partial charge in [0, 0.05) is 32.7 Å². The highest BCUT2D eigenvalue weighted by molar-refractivity contribution is 5.40. The minimum atomic E-state index is 0.647. The molecule has 2 rings (SSSR count). The standard InChI is InChI=1S/C15H25N3O/c1-3-8-16-10-14-5-4-6-15(17-14)18-9-7-13(11-18)12-19-2/h4-6,13,16H,3,7-12H2,1-2H3. The first-order valence-corrected chi connectivity index (χ1v) is 7.24. The van der Waals surface area contributed by atoms with Crippen molar-refractivity contribution >= 4 is 5.82 Å². The Morgan fingerprint density at radius 1 is 1.47 bits per heavy atom. The summed E-state index contributed by atoms with van der Waals surface area (Å²) in [4.78, 5) is 7.11. The molecule has 0 spiro atoms. The summed E-state index contributed by atoms with van der Waals surface area (Å²) in [5.41, 5.74) is 1.13. The average Bonchev–Trinajstić information content (AvgIpc) is 2.89. The number of pyridine rings is 1. The molecule has 1 aromatic rings. The molecule has 1 N–H and O–H groups in total. The number of rotatable bonds is 7. The zero-order valence-corrected chi connectivity index (χ0v) is 12.1. The van der Waals surface area contributed by atoms with Crippen molar-refractivity contribution in [2.45, 2.75) is 26.3 Å². The highest BCUT2D eigenvalue weighted by atomic mass is 16.5. The van der Waals surface area contributed by atoms with Gasteiger partial charge in [0.25, 0.3) is 0 Å². The third-order valence-corrected chi connectivity index (χ3v) is 3.54. The summed E-state index contributed by atoms with van der Waals surface area (Å²) < 4.78 is 5.24. The SMILES string of the molecule is CCCNCc1cccc(N2CCC(COC)C2)n1. The summed E-state index contributed by atoms with van der Waals surface area (Å²) in [6.07, 6.45) is 2.36. The number of ether oxygens (including phenoxy) is 1. The van der Waals surface area contributed by atoms with Gasteiger partial charge in [0.05, 0.1) is 12.3 Å². The van der Waals surface area contributed by atoms with Crippen molar-refractivity contribution in [1.29, 1.82) is 0 Å². The molecule has 1 unspecified atom stereocenters. The summed E-state index contributed by atoms with van der Waals surface area (Å²) in [7, 11) is 1.78. The van der Waals surface area contributed by atoms with Gasteiger partial charge >= 0.3 is 0 Å². The van der Waals surface area contributed by atoms with Crippen LogP contribution in [0.4, 0.5) is 5.82 Å². The molecule has 0 aromatic carbocycles. The Balaban J connectivity index is 1.91. The van der Waals surface area contributed by atoms with E-state index in [0.29, 0.717) is 5.92 Å². The highest BCUT2D eigenvalue weighted by Gasteiger charge is 2.23. The van der Waals surface area contributed by atoms with Crippen LogP contribution in [0, 0.1) is 5.92 Å². The Morgan fingerprint density at radius 3 is 3.16 bits per heavy atom. The van der Waals surface area contributed by atoms with Gasteiger partial charge in [-0.3, -0.25) is 0 Å². The second kappa shape index (κ2) is 7.46. The lowest BCUT2D eigenvalue weighted by Crippen LogP contribution is -2.23. The Labute approximate surface area is 116 Å². The van der Waals surface area contributed by atoms with Gasteiger partial charge in [-0.2, -0.15) is 0 Å². The van der Waals surface area contributed by atoms with Crippen LogP contribution in [-0.2, 0) is 11.3 Å². The van der Waals surface area contributed by atoms with Crippen LogP contribution >= 0.6 is 0 Å². The number of hydrogen-bond acceptors (Lipinski definition) is 4. The van der Waals surface area contributed by atoms with E-state index in [2.05, 4.69) is 35.3 Å². The van der Waals surface area contributed by atoms with E-state index in [1.165, 1.54) is 6.42 Å². The second-order valence-electron chi connectivity index (χ2n) is 5.22. The first-order valence-electron chi connectivity index (χ1n) is 7.24. The van der Waals surface area contributed by atoms with Gasteiger partial charge in [-0.1, -0.05) is 13.0 Å². The molecule has 1 fully saturated rings. The first kappa shape index (κ1) is 14.3. The normalized spacial score (nSPS) is 19.1. The van der Waals surface area contributed by atoms with E-state index in [4.69, 9.17) is 9.72 Å². The molecule has 19 heavy (non-hydrogen) atoms. The molecule has 0 amide bonds. The van der Waals surface area contributed by atoms with E-state index < -0.39 is 0 Å². The maximum Gasteiger partial charge on any atom is 0.128 e. The maximum atomic E-state index is 5.24. The van der Waals surface area contributed by atoms with Gasteiger partial charge in [0.1, 0.15) is 5.82 Å². The topological polar surface area (TPSA) is 37.4 Å². The van der Waals surface area contributed by atoms with Crippen molar-refractivity contribution in [3.05, 3.63) is 23.9 Å². The van der Waals surface area contributed by atoms with E-state index in [9.17, 15) is 0 Å². The molecule has 2 heterocycles. The third kappa shape index (κ3) is 4.18. The molecule has 1 saturated heterocycles. The predicted molar refractivity (Wildman–Crippen MR) is 78.4 cm³/mol. The summed E-state index contributed by atoms with van der Waals surface area (Å²) in [6, 6.07) is 6.31. The van der Waals surface area contributed by atoms with Gasteiger partial charge in [0.15, 0.2) is 0 Å². The van der Waals surface area contributed by atoms with Crippen LogP contribution in [-0.4, -0.2) is 38.3 Å². The fraction of sp³-hybridized carbons (Fsp3) is 0.667. The van der Waals surface area contributed by atoms with Crippen molar-refractivity contribution < 1.29 is 4.74 Å². The lowest BCUT2D eigenvalue weighted by atomic mass is 10.1. The molecule has 1 aromatic heterocycles. The zero-order valence-electron chi connectivity index (χ0n) is 12.1. The molecule has 4 nitrogen and oxygen atoms in total. The smallest absolute Gasteiger partial charge is 0.128 e. The first-order chi connectivity index (χ1) is 9.33. The third-order valence-electron chi connectivity index (χ3n) is 3.54. The molecule has 106 valence electrons. The lowest BCUT2D eigenvalue weighted by molar-refractivity contribution is 0.161. The van der Waals surface area contributed by atoms with Crippen LogP contribution in [0.15, 0.2) is 18.2 Å². The van der Waals surface area contributed by atoms with Crippen LogP contribution in [0.1, 0.15) is 25.5 Å². The maximum absolute atomic E-state index is 5.24. The summed E-state index contributed by atoms with van der Waals surface area (Å²) >= 11 is 0. The van der Waals surface area contributed by atoms with Gasteiger partial charge in [-0.15, -0.1) is 0 Å². The monoisotopic (exact) mass is 263 g/mol. The van der Waals surface area contributed by atoms with Gasteiger partial charge in [0.2, 0.25) is 0 Å². The largest absolute Gasteiger partial charge is 0.384 e. The molecule has 0 bridgehead atoms. The van der Waals surface area contributed by atoms with Crippen molar-refractivity contribution in [2.24, 2.45) is 5.92 Å². The molecule has 1 atom stereocenters. The average molecular weight is 263 g/mol. The van der Waals surface area contributed by atoms with Crippen LogP contribution < -0.4 is 10.2 Å². The van der Waals surface area contributed by atoms with Crippen LogP contribution in [0.25, 0.3) is 0 Å². The summed E-state index contributed by atoms with van der Waals surface area (Å²) in [6.45, 7) is 7.09. The van der Waals surface area contributed by atoms with E-state index in [-0.39, 0.29) is 0 Å². The molecule has 0 aliphatic carbocycles. The lowest BCUT2D eigenvalue weighted by Gasteiger charge is -2.18. The fourth-order valence-electron chi connectivity index (χ4n) is 2.55. The quantitative estimate of drug-likeness (QED) is 0.764. The van der Waals surface area contributed by atoms with Crippen LogP contribution in [0.5, 0.6) is 0 Å². The van der Waals surface area contributed by atoms with Crippen molar-refractivity contribution in [3.63, 3.8) is 0 Å². The van der Waals surface area contributed by atoms with E-state index in [0.717, 1.165) is 50.7 Å². The summed E-state index contributed by atoms with van der Waals surface area (Å²) in [5.74, 6) is 1.75. The minimum absolute atomic E-state index is 0.647. The highest BCUT2D eigenvalue weighted by Crippen LogP contribution is 2.22. The summed E-state index contributed by atoms with van der Waals surface area (Å²) in [5, 5.41) is 3.40. The molecule has 1 aliphatic heterocycles. The fourth-order valence-corrected chi connectivity index (χ4v) is 2.55. The molecular weight excluding hydrogens is 238 g/mol. The van der Waals surface area contributed by atoms with Crippen LogP contribution in [0.3, 0.4) is 0 Å². The van der Waals surface area contributed by atoms with Gasteiger partial charge < -0.3 is 15.0 Å². The van der Waals surface area contributed by atoms with E-state index in [1.807, 2.05) is 0 Å².